The highest BCUT2D eigenvalue weighted by atomic mass is 32.2. The lowest BCUT2D eigenvalue weighted by Gasteiger charge is -2.35. The second kappa shape index (κ2) is 9.25. The molecule has 9 nitrogen and oxygen atoms in total. The van der Waals surface area contributed by atoms with Gasteiger partial charge in [-0.1, -0.05) is 32.4 Å². The zero-order valence-electron chi connectivity index (χ0n) is 18.0. The molecule has 2 aliphatic heterocycles. The number of carbonyl (C=O) groups is 1. The van der Waals surface area contributed by atoms with Gasteiger partial charge in [-0.3, -0.25) is 14.5 Å². The largest absolute Gasteiger partial charge is 0.341 e. The number of amidine groups is 1. The number of sulfonamides is 2. The predicted molar refractivity (Wildman–Crippen MR) is 119 cm³/mol. The Morgan fingerprint density at radius 2 is 2.06 bits per heavy atom. The number of fused-ring (bicyclic) bond motifs is 1. The molecule has 0 bridgehead atoms. The first kappa shape index (κ1) is 23.7. The molecule has 0 saturated carbocycles. The smallest absolute Gasteiger partial charge is 0.263 e. The fourth-order valence-electron chi connectivity index (χ4n) is 3.91. The van der Waals surface area contributed by atoms with Crippen LogP contribution in [0, 0.1) is 11.8 Å². The molecule has 1 aromatic carbocycles. The Bertz CT molecular complexity index is 1070. The summed E-state index contributed by atoms with van der Waals surface area (Å²) in [6, 6.07) is 5.86. The number of likely N-dealkylation sites (tertiary alicyclic amines) is 1. The third kappa shape index (κ3) is 5.64. The Hall–Kier alpha value is -1.98. The number of aliphatic imine (C=N–C) groups is 1. The van der Waals surface area contributed by atoms with Gasteiger partial charge in [-0.05, 0) is 36.8 Å². The third-order valence-electron chi connectivity index (χ3n) is 5.83. The Morgan fingerprint density at radius 1 is 1.35 bits per heavy atom. The van der Waals surface area contributed by atoms with E-state index in [0.29, 0.717) is 25.1 Å². The molecule has 2 N–H and O–H groups in total. The maximum absolute atomic E-state index is 13.4. The minimum absolute atomic E-state index is 0.0309. The van der Waals surface area contributed by atoms with Crippen molar-refractivity contribution in [3.8, 4) is 0 Å². The first-order chi connectivity index (χ1) is 14.5. The quantitative estimate of drug-likeness (QED) is 0.613. The Kier molecular flexibility index (Phi) is 7.07. The van der Waals surface area contributed by atoms with Crippen molar-refractivity contribution in [3.63, 3.8) is 0 Å². The van der Waals surface area contributed by atoms with Crippen LogP contribution in [-0.4, -0.2) is 65.4 Å². The number of rotatable bonds is 7. The number of amides is 1. The third-order valence-corrected chi connectivity index (χ3v) is 7.92. The molecule has 1 fully saturated rings. The van der Waals surface area contributed by atoms with Crippen LogP contribution in [0.3, 0.4) is 0 Å². The van der Waals surface area contributed by atoms with E-state index in [9.17, 15) is 21.6 Å². The number of hydrogen-bond acceptors (Lipinski definition) is 6. The topological polar surface area (TPSA) is 125 Å². The van der Waals surface area contributed by atoms with E-state index in [-0.39, 0.29) is 35.0 Å². The average molecular weight is 471 g/mol. The van der Waals surface area contributed by atoms with Crippen molar-refractivity contribution in [1.82, 2.24) is 14.3 Å². The number of hydrogen-bond donors (Lipinski definition) is 2. The van der Waals surface area contributed by atoms with Gasteiger partial charge < -0.3 is 4.90 Å². The van der Waals surface area contributed by atoms with Crippen LogP contribution < -0.4 is 9.44 Å². The minimum Gasteiger partial charge on any atom is -0.341 e. The molecule has 31 heavy (non-hydrogen) atoms. The summed E-state index contributed by atoms with van der Waals surface area (Å²) in [4.78, 5) is 19.9. The maximum atomic E-state index is 13.4. The van der Waals surface area contributed by atoms with Crippen molar-refractivity contribution in [2.45, 2.75) is 44.0 Å². The molecule has 3 atom stereocenters. The van der Waals surface area contributed by atoms with Gasteiger partial charge in [0.1, 0.15) is 11.9 Å². The number of carbonyl (C=O) groups excluding carboxylic acids is 1. The number of benzene rings is 1. The van der Waals surface area contributed by atoms with Crippen LogP contribution in [-0.2, 0) is 24.8 Å². The second-order valence-electron chi connectivity index (χ2n) is 8.32. The lowest BCUT2D eigenvalue weighted by molar-refractivity contribution is -0.135. The van der Waals surface area contributed by atoms with Crippen molar-refractivity contribution < 1.29 is 21.6 Å². The summed E-state index contributed by atoms with van der Waals surface area (Å²) < 4.78 is 52.6. The van der Waals surface area contributed by atoms with E-state index < -0.39 is 26.1 Å². The molecule has 1 saturated heterocycles. The van der Waals surface area contributed by atoms with E-state index in [1.54, 1.807) is 23.1 Å². The molecule has 1 amide bonds. The fourth-order valence-corrected chi connectivity index (χ4v) is 5.68. The molecule has 2 aliphatic rings. The monoisotopic (exact) mass is 470 g/mol. The van der Waals surface area contributed by atoms with E-state index >= 15 is 0 Å². The summed E-state index contributed by atoms with van der Waals surface area (Å²) in [6.45, 7) is 5.20. The van der Waals surface area contributed by atoms with Gasteiger partial charge in [0.2, 0.25) is 15.9 Å². The van der Waals surface area contributed by atoms with E-state index in [0.717, 1.165) is 19.1 Å². The summed E-state index contributed by atoms with van der Waals surface area (Å²) in [7, 11) is -6.97. The lowest BCUT2D eigenvalue weighted by atomic mass is 9.94. The van der Waals surface area contributed by atoms with Crippen LogP contribution in [0.25, 0.3) is 0 Å². The minimum atomic E-state index is -3.68. The van der Waals surface area contributed by atoms with Crippen LogP contribution in [0.2, 0.25) is 0 Å². The van der Waals surface area contributed by atoms with Crippen LogP contribution in [0.5, 0.6) is 0 Å². The standard InChI is InChI=1S/C20H30N4O5S2/c1-4-14(2)18(22-19-16-9-5-6-10-17(16)31(28,29)23-19)20(25)24-11-7-8-15(13-24)12-21-30(3,26)27/h5-6,9-10,14-15,18,21H,4,7-8,11-13H2,1-3H3,(H,22,23)/t14-,15?,18-/m0/s1. The highest BCUT2D eigenvalue weighted by Gasteiger charge is 2.35. The van der Waals surface area contributed by atoms with Crippen LogP contribution in [0.4, 0.5) is 0 Å². The Labute approximate surface area is 184 Å². The SMILES string of the molecule is CC[C@H](C)[C@H](N=C1NS(=O)(=O)c2ccccc21)C(=O)N1CCCC(CNS(C)(=O)=O)C1. The van der Waals surface area contributed by atoms with E-state index in [4.69, 9.17) is 0 Å². The molecule has 0 radical (unpaired) electrons. The van der Waals surface area contributed by atoms with Gasteiger partial charge in [-0.25, -0.2) is 21.6 Å². The summed E-state index contributed by atoms with van der Waals surface area (Å²) >= 11 is 0. The zero-order chi connectivity index (χ0) is 22.8. The number of piperidine rings is 1. The van der Waals surface area contributed by atoms with Crippen LogP contribution in [0.15, 0.2) is 34.2 Å². The van der Waals surface area contributed by atoms with Crippen molar-refractivity contribution in [2.75, 3.05) is 25.9 Å². The maximum Gasteiger partial charge on any atom is 0.263 e. The first-order valence-electron chi connectivity index (χ1n) is 10.4. The Morgan fingerprint density at radius 3 is 2.74 bits per heavy atom. The van der Waals surface area contributed by atoms with Gasteiger partial charge in [0, 0.05) is 25.2 Å². The molecule has 2 heterocycles. The van der Waals surface area contributed by atoms with Gasteiger partial charge in [-0.2, -0.15) is 0 Å². The van der Waals surface area contributed by atoms with Crippen LogP contribution >= 0.6 is 0 Å². The molecule has 11 heteroatoms. The molecule has 172 valence electrons. The van der Waals surface area contributed by atoms with E-state index in [1.807, 2.05) is 13.8 Å². The van der Waals surface area contributed by atoms with Crippen molar-refractivity contribution in [3.05, 3.63) is 29.8 Å². The van der Waals surface area contributed by atoms with Gasteiger partial charge >= 0.3 is 0 Å². The summed E-state index contributed by atoms with van der Waals surface area (Å²) in [6.07, 6.45) is 3.44. The molecule has 0 aromatic heterocycles. The fraction of sp³-hybridized carbons (Fsp3) is 0.600. The van der Waals surface area contributed by atoms with Crippen molar-refractivity contribution >= 4 is 31.8 Å². The van der Waals surface area contributed by atoms with Crippen LogP contribution in [0.1, 0.15) is 38.7 Å². The zero-order valence-corrected chi connectivity index (χ0v) is 19.7. The van der Waals surface area contributed by atoms with E-state index in [1.165, 1.54) is 6.07 Å². The van der Waals surface area contributed by atoms with Crippen molar-refractivity contribution in [2.24, 2.45) is 16.8 Å². The summed E-state index contributed by atoms with van der Waals surface area (Å²) in [5.74, 6) is -0.0220. The molecule has 1 aromatic rings. The second-order valence-corrected chi connectivity index (χ2v) is 11.8. The highest BCUT2D eigenvalue weighted by molar-refractivity contribution is 7.90. The highest BCUT2D eigenvalue weighted by Crippen LogP contribution is 2.25. The molecule has 1 unspecified atom stereocenters. The van der Waals surface area contributed by atoms with Gasteiger partial charge in [-0.15, -0.1) is 0 Å². The molecular weight excluding hydrogens is 440 g/mol. The first-order valence-corrected chi connectivity index (χ1v) is 13.8. The predicted octanol–water partition coefficient (Wildman–Crippen LogP) is 0.928. The molecule has 0 aliphatic carbocycles. The summed E-state index contributed by atoms with van der Waals surface area (Å²) in [5.41, 5.74) is 0.470. The summed E-state index contributed by atoms with van der Waals surface area (Å²) in [5, 5.41) is 0. The lowest BCUT2D eigenvalue weighted by Crippen LogP contribution is -2.48. The normalized spacial score (nSPS) is 23.8. The number of nitrogens with zero attached hydrogens (tertiary/aromatic N) is 2. The van der Waals surface area contributed by atoms with Gasteiger partial charge in [0.05, 0.1) is 11.2 Å². The number of nitrogens with one attached hydrogen (secondary N) is 2. The molecule has 3 rings (SSSR count). The Balaban J connectivity index is 1.83. The molecule has 0 spiro atoms. The van der Waals surface area contributed by atoms with E-state index in [2.05, 4.69) is 14.4 Å². The molecular formula is C20H30N4O5S2. The van der Waals surface area contributed by atoms with Gasteiger partial charge in [0.25, 0.3) is 10.0 Å². The van der Waals surface area contributed by atoms with Crippen molar-refractivity contribution in [1.29, 1.82) is 0 Å². The average Bonchev–Trinajstić information content (AvgIpc) is 2.99. The van der Waals surface area contributed by atoms with Gasteiger partial charge in [0.15, 0.2) is 0 Å².